The number of hydrogen-bond acceptors (Lipinski definition) is 3. The van der Waals surface area contributed by atoms with Crippen LogP contribution >= 0.6 is 0 Å². The van der Waals surface area contributed by atoms with Gasteiger partial charge in [0, 0.05) is 31.9 Å². The quantitative estimate of drug-likeness (QED) is 0.718. The second kappa shape index (κ2) is 9.81. The molecule has 0 aliphatic carbocycles. The van der Waals surface area contributed by atoms with Gasteiger partial charge >= 0.3 is 6.09 Å². The van der Waals surface area contributed by atoms with Crippen LogP contribution in [0.3, 0.4) is 0 Å². The molecule has 1 aliphatic heterocycles. The van der Waals surface area contributed by atoms with Crippen molar-refractivity contribution in [2.45, 2.75) is 77.9 Å². The average Bonchev–Trinajstić information content (AvgIpc) is 3.10. The molecule has 0 spiro atoms. The fourth-order valence-corrected chi connectivity index (χ4v) is 3.40. The minimum atomic E-state index is -0.475. The Morgan fingerprint density at radius 3 is 2.52 bits per heavy atom. The molecule has 0 aromatic carbocycles. The summed E-state index contributed by atoms with van der Waals surface area (Å²) in [6.45, 7) is 9.84. The first-order valence-corrected chi connectivity index (χ1v) is 10.2. The summed E-state index contributed by atoms with van der Waals surface area (Å²) in [7, 11) is 0. The molecule has 27 heavy (non-hydrogen) atoms. The first kappa shape index (κ1) is 21.3. The second-order valence-electron chi connectivity index (χ2n) is 8.32. The van der Waals surface area contributed by atoms with Crippen molar-refractivity contribution in [2.24, 2.45) is 0 Å². The van der Waals surface area contributed by atoms with E-state index < -0.39 is 5.60 Å². The number of likely N-dealkylation sites (tertiary alicyclic amines) is 1. The van der Waals surface area contributed by atoms with Gasteiger partial charge in [-0.25, -0.2) is 4.79 Å². The van der Waals surface area contributed by atoms with E-state index in [1.54, 1.807) is 4.90 Å². The number of hydrogen-bond donors (Lipinski definition) is 1. The summed E-state index contributed by atoms with van der Waals surface area (Å²) in [5.41, 5.74) is 0.234. The van der Waals surface area contributed by atoms with Gasteiger partial charge in [-0.15, -0.1) is 0 Å². The Bertz CT molecular complexity index is 610. The summed E-state index contributed by atoms with van der Waals surface area (Å²) in [6.07, 6.45) is 7.95. The summed E-state index contributed by atoms with van der Waals surface area (Å²) in [5.74, 6) is -0.00827. The Hall–Kier alpha value is -1.98. The van der Waals surface area contributed by atoms with Gasteiger partial charge in [-0.05, 0) is 52.2 Å². The van der Waals surface area contributed by atoms with E-state index in [1.807, 2.05) is 39.1 Å². The molecule has 1 aromatic rings. The molecule has 1 aliphatic rings. The number of aromatic nitrogens is 1. The van der Waals surface area contributed by atoms with Gasteiger partial charge in [0.15, 0.2) is 0 Å². The van der Waals surface area contributed by atoms with E-state index in [4.69, 9.17) is 4.74 Å². The molecule has 0 atom stereocenters. The number of piperidine rings is 1. The first-order chi connectivity index (χ1) is 12.8. The third kappa shape index (κ3) is 6.60. The molecule has 1 aromatic heterocycles. The second-order valence-corrected chi connectivity index (χ2v) is 8.32. The number of carbonyl (C=O) groups excluding carboxylic acids is 2. The maximum absolute atomic E-state index is 12.5. The molecule has 0 radical (unpaired) electrons. The highest BCUT2D eigenvalue weighted by Gasteiger charge is 2.28. The van der Waals surface area contributed by atoms with Gasteiger partial charge in [0.2, 0.25) is 0 Å². The fourth-order valence-electron chi connectivity index (χ4n) is 3.40. The van der Waals surface area contributed by atoms with E-state index in [0.29, 0.717) is 18.8 Å². The maximum atomic E-state index is 12.5. The molecule has 152 valence electrons. The van der Waals surface area contributed by atoms with Gasteiger partial charge in [-0.2, -0.15) is 0 Å². The Morgan fingerprint density at radius 2 is 1.89 bits per heavy atom. The molecule has 1 saturated heterocycles. The summed E-state index contributed by atoms with van der Waals surface area (Å²) in [6, 6.07) is 4.04. The van der Waals surface area contributed by atoms with E-state index in [2.05, 4.69) is 16.8 Å². The third-order valence-corrected chi connectivity index (χ3v) is 4.84. The van der Waals surface area contributed by atoms with Crippen molar-refractivity contribution < 1.29 is 14.3 Å². The van der Waals surface area contributed by atoms with Gasteiger partial charge in [0.25, 0.3) is 5.91 Å². The highest BCUT2D eigenvalue weighted by atomic mass is 16.6. The zero-order valence-corrected chi connectivity index (χ0v) is 17.3. The summed E-state index contributed by atoms with van der Waals surface area (Å²) in [5, 5.41) is 3.03. The molecule has 6 heteroatoms. The predicted molar refractivity (Wildman–Crippen MR) is 107 cm³/mol. The van der Waals surface area contributed by atoms with Crippen LogP contribution in [0.4, 0.5) is 4.79 Å². The van der Waals surface area contributed by atoms with Crippen LogP contribution in [0.25, 0.3) is 0 Å². The number of ether oxygens (including phenoxy) is 1. The van der Waals surface area contributed by atoms with Crippen LogP contribution in [-0.4, -0.2) is 46.7 Å². The zero-order chi connectivity index (χ0) is 19.9. The van der Waals surface area contributed by atoms with Crippen LogP contribution in [0.15, 0.2) is 18.3 Å². The van der Waals surface area contributed by atoms with Gasteiger partial charge in [0.1, 0.15) is 11.3 Å². The molecule has 2 heterocycles. The molecule has 1 fully saturated rings. The zero-order valence-electron chi connectivity index (χ0n) is 17.3. The fraction of sp³-hybridized carbons (Fsp3) is 0.714. The van der Waals surface area contributed by atoms with Crippen molar-refractivity contribution in [2.75, 3.05) is 19.6 Å². The highest BCUT2D eigenvalue weighted by molar-refractivity contribution is 5.92. The van der Waals surface area contributed by atoms with E-state index >= 15 is 0 Å². The Morgan fingerprint density at radius 1 is 1.19 bits per heavy atom. The Kier molecular flexibility index (Phi) is 7.75. The Balaban J connectivity index is 1.85. The summed E-state index contributed by atoms with van der Waals surface area (Å²) < 4.78 is 7.52. The van der Waals surface area contributed by atoms with Crippen molar-refractivity contribution in [1.29, 1.82) is 0 Å². The number of rotatable bonds is 7. The lowest BCUT2D eigenvalue weighted by atomic mass is 10.0. The summed E-state index contributed by atoms with van der Waals surface area (Å²) in [4.78, 5) is 26.5. The smallest absolute Gasteiger partial charge is 0.410 e. The van der Waals surface area contributed by atoms with E-state index in [0.717, 1.165) is 32.2 Å². The van der Waals surface area contributed by atoms with Gasteiger partial charge in [-0.3, -0.25) is 4.79 Å². The van der Waals surface area contributed by atoms with Crippen molar-refractivity contribution in [3.63, 3.8) is 0 Å². The van der Waals surface area contributed by atoms with Gasteiger partial charge in [0.05, 0.1) is 0 Å². The molecular weight excluding hydrogens is 342 g/mol. The van der Waals surface area contributed by atoms with E-state index in [-0.39, 0.29) is 18.0 Å². The lowest BCUT2D eigenvalue weighted by Crippen LogP contribution is -2.42. The van der Waals surface area contributed by atoms with E-state index in [1.165, 1.54) is 12.8 Å². The molecule has 0 saturated carbocycles. The standard InChI is InChI=1S/C21H35N3O3/c1-5-6-7-8-13-22-19(25)18-10-9-14-24(18)17-11-15-23(16-12-17)20(26)27-21(2,3)4/h9-10,14,17H,5-8,11-13,15-16H2,1-4H3,(H,22,25). The number of carbonyl (C=O) groups is 2. The SMILES string of the molecule is CCCCCCNC(=O)c1cccn1C1CCN(C(=O)OC(C)(C)C)CC1. The van der Waals surface area contributed by atoms with Crippen molar-refractivity contribution in [3.8, 4) is 0 Å². The van der Waals surface area contributed by atoms with Crippen molar-refractivity contribution >= 4 is 12.0 Å². The van der Waals surface area contributed by atoms with Gasteiger partial charge in [-0.1, -0.05) is 26.2 Å². The molecule has 0 unspecified atom stereocenters. The van der Waals surface area contributed by atoms with Crippen LogP contribution in [0.5, 0.6) is 0 Å². The molecule has 2 amide bonds. The molecular formula is C21H35N3O3. The van der Waals surface area contributed by atoms with Crippen LogP contribution in [0.1, 0.15) is 82.8 Å². The lowest BCUT2D eigenvalue weighted by Gasteiger charge is -2.34. The summed E-state index contributed by atoms with van der Waals surface area (Å²) >= 11 is 0. The van der Waals surface area contributed by atoms with Crippen LogP contribution in [0.2, 0.25) is 0 Å². The number of unbranched alkanes of at least 4 members (excludes halogenated alkanes) is 3. The highest BCUT2D eigenvalue weighted by Crippen LogP contribution is 2.25. The predicted octanol–water partition coefficient (Wildman–Crippen LogP) is 4.37. The maximum Gasteiger partial charge on any atom is 0.410 e. The average molecular weight is 378 g/mol. The molecule has 6 nitrogen and oxygen atoms in total. The van der Waals surface area contributed by atoms with Crippen LogP contribution < -0.4 is 5.32 Å². The third-order valence-electron chi connectivity index (χ3n) is 4.84. The number of amides is 2. The van der Waals surface area contributed by atoms with Crippen LogP contribution in [-0.2, 0) is 4.74 Å². The number of nitrogens with zero attached hydrogens (tertiary/aromatic N) is 2. The number of nitrogens with one attached hydrogen (secondary N) is 1. The van der Waals surface area contributed by atoms with Crippen molar-refractivity contribution in [3.05, 3.63) is 24.0 Å². The topological polar surface area (TPSA) is 63.6 Å². The lowest BCUT2D eigenvalue weighted by molar-refractivity contribution is 0.0187. The normalized spacial score (nSPS) is 15.6. The molecule has 2 rings (SSSR count). The first-order valence-electron chi connectivity index (χ1n) is 10.2. The monoisotopic (exact) mass is 377 g/mol. The Labute approximate surface area is 163 Å². The minimum Gasteiger partial charge on any atom is -0.444 e. The molecule has 0 bridgehead atoms. The van der Waals surface area contributed by atoms with Crippen LogP contribution in [0, 0.1) is 0 Å². The molecule has 1 N–H and O–H groups in total. The van der Waals surface area contributed by atoms with Gasteiger partial charge < -0.3 is 19.5 Å². The minimum absolute atomic E-state index is 0.00827. The largest absolute Gasteiger partial charge is 0.444 e. The van der Waals surface area contributed by atoms with Crippen molar-refractivity contribution in [1.82, 2.24) is 14.8 Å². The van der Waals surface area contributed by atoms with E-state index in [9.17, 15) is 9.59 Å².